The number of aromatic nitrogens is 1. The molecule has 0 unspecified atom stereocenters. The Morgan fingerprint density at radius 2 is 1.95 bits per heavy atom. The van der Waals surface area contributed by atoms with Crippen LogP contribution in [0.4, 0.5) is 11.5 Å². The van der Waals surface area contributed by atoms with E-state index in [-0.39, 0.29) is 5.69 Å². The summed E-state index contributed by atoms with van der Waals surface area (Å²) in [5.41, 5.74) is 2.22. The van der Waals surface area contributed by atoms with Crippen molar-refractivity contribution in [1.82, 2.24) is 4.98 Å². The molecule has 0 aliphatic heterocycles. The molecule has 98 valence electrons. The summed E-state index contributed by atoms with van der Waals surface area (Å²) in [7, 11) is 0. The summed E-state index contributed by atoms with van der Waals surface area (Å²) >= 11 is 0. The number of anilines is 2. The van der Waals surface area contributed by atoms with Gasteiger partial charge in [0.25, 0.3) is 0 Å². The van der Waals surface area contributed by atoms with Gasteiger partial charge in [0.2, 0.25) is 0 Å². The Morgan fingerprint density at radius 1 is 1.21 bits per heavy atom. The van der Waals surface area contributed by atoms with Gasteiger partial charge in [-0.05, 0) is 36.2 Å². The molecule has 1 aromatic heterocycles. The first kappa shape index (κ1) is 13.1. The van der Waals surface area contributed by atoms with E-state index in [1.807, 2.05) is 12.1 Å². The molecule has 4 heteroatoms. The molecule has 0 amide bonds. The van der Waals surface area contributed by atoms with Crippen molar-refractivity contribution in [2.75, 3.05) is 5.32 Å². The zero-order chi connectivity index (χ0) is 13.7. The average Bonchev–Trinajstić information content (AvgIpc) is 2.42. The first-order valence-electron chi connectivity index (χ1n) is 6.25. The summed E-state index contributed by atoms with van der Waals surface area (Å²) in [6.45, 7) is 2.15. The van der Waals surface area contributed by atoms with Crippen LogP contribution in [0.25, 0.3) is 0 Å². The molecule has 0 atom stereocenters. The number of aryl methyl sites for hydroxylation is 1. The lowest BCUT2D eigenvalue weighted by Crippen LogP contribution is -2.02. The van der Waals surface area contributed by atoms with Gasteiger partial charge in [-0.1, -0.05) is 31.5 Å². The van der Waals surface area contributed by atoms with Crippen LogP contribution in [0.3, 0.4) is 0 Å². The molecule has 2 aromatic rings. The summed E-state index contributed by atoms with van der Waals surface area (Å²) < 4.78 is 0. The molecule has 0 bridgehead atoms. The van der Waals surface area contributed by atoms with E-state index in [1.54, 1.807) is 12.1 Å². The Hall–Kier alpha value is -2.36. The zero-order valence-electron chi connectivity index (χ0n) is 10.8. The Kier molecular flexibility index (Phi) is 4.13. The predicted molar refractivity (Wildman–Crippen MR) is 74.9 cm³/mol. The predicted octanol–water partition coefficient (Wildman–Crippen LogP) is 3.48. The highest BCUT2D eigenvalue weighted by atomic mass is 16.4. The number of pyridine rings is 1. The van der Waals surface area contributed by atoms with Crippen molar-refractivity contribution in [2.45, 2.75) is 19.8 Å². The van der Waals surface area contributed by atoms with E-state index >= 15 is 0 Å². The molecule has 2 N–H and O–H groups in total. The summed E-state index contributed by atoms with van der Waals surface area (Å²) in [6, 6.07) is 13.0. The first-order valence-corrected chi connectivity index (χ1v) is 6.25. The first-order chi connectivity index (χ1) is 9.19. The van der Waals surface area contributed by atoms with Crippen LogP contribution in [-0.4, -0.2) is 16.1 Å². The summed E-state index contributed by atoms with van der Waals surface area (Å²) in [6.07, 6.45) is 2.18. The fraction of sp³-hybridized carbons (Fsp3) is 0.200. The number of hydrogen-bond donors (Lipinski definition) is 2. The number of rotatable bonds is 5. The topological polar surface area (TPSA) is 62.2 Å². The summed E-state index contributed by atoms with van der Waals surface area (Å²) in [5, 5.41) is 12.0. The number of carboxylic acid groups (broad SMARTS) is 1. The SMILES string of the molecule is CCCc1ccc(Nc2cccc(C(=O)O)n2)cc1. The van der Waals surface area contributed by atoms with Crippen LogP contribution in [0.5, 0.6) is 0 Å². The molecule has 0 aliphatic carbocycles. The molecule has 0 saturated heterocycles. The van der Waals surface area contributed by atoms with Crippen molar-refractivity contribution in [3.05, 3.63) is 53.7 Å². The highest BCUT2D eigenvalue weighted by Gasteiger charge is 2.05. The van der Waals surface area contributed by atoms with Crippen LogP contribution in [0.1, 0.15) is 29.4 Å². The van der Waals surface area contributed by atoms with Crippen LogP contribution in [0.15, 0.2) is 42.5 Å². The molecule has 0 saturated carbocycles. The van der Waals surface area contributed by atoms with E-state index in [9.17, 15) is 4.79 Å². The van der Waals surface area contributed by atoms with Crippen molar-refractivity contribution < 1.29 is 9.90 Å². The standard InChI is InChI=1S/C15H16N2O2/c1-2-4-11-7-9-12(10-8-11)16-14-6-3-5-13(17-14)15(18)19/h3,5-10H,2,4H2,1H3,(H,16,17)(H,18,19). The number of nitrogens with zero attached hydrogens (tertiary/aromatic N) is 1. The fourth-order valence-electron chi connectivity index (χ4n) is 1.81. The third-order valence-corrected chi connectivity index (χ3v) is 2.73. The highest BCUT2D eigenvalue weighted by molar-refractivity contribution is 5.85. The highest BCUT2D eigenvalue weighted by Crippen LogP contribution is 2.16. The number of hydrogen-bond acceptors (Lipinski definition) is 3. The molecular weight excluding hydrogens is 240 g/mol. The minimum absolute atomic E-state index is 0.0348. The van der Waals surface area contributed by atoms with E-state index < -0.39 is 5.97 Å². The van der Waals surface area contributed by atoms with E-state index in [2.05, 4.69) is 29.4 Å². The van der Waals surface area contributed by atoms with Crippen LogP contribution < -0.4 is 5.32 Å². The molecule has 0 spiro atoms. The van der Waals surface area contributed by atoms with Gasteiger partial charge in [-0.2, -0.15) is 0 Å². The second-order valence-electron chi connectivity index (χ2n) is 4.29. The van der Waals surface area contributed by atoms with Gasteiger partial charge in [0.05, 0.1) is 0 Å². The maximum atomic E-state index is 10.8. The number of carbonyl (C=O) groups is 1. The van der Waals surface area contributed by atoms with Gasteiger partial charge in [-0.15, -0.1) is 0 Å². The molecule has 1 aromatic carbocycles. The lowest BCUT2D eigenvalue weighted by molar-refractivity contribution is 0.0690. The maximum absolute atomic E-state index is 10.8. The van der Waals surface area contributed by atoms with Crippen LogP contribution >= 0.6 is 0 Å². The number of aromatic carboxylic acids is 1. The zero-order valence-corrected chi connectivity index (χ0v) is 10.8. The van der Waals surface area contributed by atoms with Crippen LogP contribution in [0.2, 0.25) is 0 Å². The lowest BCUT2D eigenvalue weighted by atomic mass is 10.1. The number of benzene rings is 1. The molecule has 0 fully saturated rings. The molecular formula is C15H16N2O2. The van der Waals surface area contributed by atoms with Crippen molar-refractivity contribution in [3.63, 3.8) is 0 Å². The van der Waals surface area contributed by atoms with Crippen molar-refractivity contribution in [1.29, 1.82) is 0 Å². The largest absolute Gasteiger partial charge is 0.477 e. The van der Waals surface area contributed by atoms with Crippen molar-refractivity contribution in [3.8, 4) is 0 Å². The van der Waals surface area contributed by atoms with Gasteiger partial charge in [-0.25, -0.2) is 9.78 Å². The van der Waals surface area contributed by atoms with Gasteiger partial charge in [0.15, 0.2) is 5.69 Å². The second-order valence-corrected chi connectivity index (χ2v) is 4.29. The second kappa shape index (κ2) is 6.00. The fourth-order valence-corrected chi connectivity index (χ4v) is 1.81. The van der Waals surface area contributed by atoms with Gasteiger partial charge in [0, 0.05) is 5.69 Å². The molecule has 0 radical (unpaired) electrons. The Balaban J connectivity index is 2.12. The molecule has 1 heterocycles. The minimum atomic E-state index is -1.03. The third-order valence-electron chi connectivity index (χ3n) is 2.73. The Labute approximate surface area is 112 Å². The van der Waals surface area contributed by atoms with Gasteiger partial charge >= 0.3 is 5.97 Å². The number of carboxylic acids is 1. The number of nitrogens with one attached hydrogen (secondary N) is 1. The maximum Gasteiger partial charge on any atom is 0.354 e. The molecule has 4 nitrogen and oxygen atoms in total. The average molecular weight is 256 g/mol. The Bertz CT molecular complexity index is 565. The van der Waals surface area contributed by atoms with Crippen molar-refractivity contribution in [2.24, 2.45) is 0 Å². The van der Waals surface area contributed by atoms with Gasteiger partial charge < -0.3 is 10.4 Å². The van der Waals surface area contributed by atoms with Gasteiger partial charge in [0.1, 0.15) is 5.82 Å². The van der Waals surface area contributed by atoms with E-state index in [4.69, 9.17) is 5.11 Å². The minimum Gasteiger partial charge on any atom is -0.477 e. The van der Waals surface area contributed by atoms with E-state index in [0.29, 0.717) is 5.82 Å². The third kappa shape index (κ3) is 3.55. The summed E-state index contributed by atoms with van der Waals surface area (Å²) in [5.74, 6) is -0.495. The van der Waals surface area contributed by atoms with E-state index in [0.717, 1.165) is 18.5 Å². The molecule has 2 rings (SSSR count). The van der Waals surface area contributed by atoms with Crippen LogP contribution in [-0.2, 0) is 6.42 Å². The lowest BCUT2D eigenvalue weighted by Gasteiger charge is -2.07. The van der Waals surface area contributed by atoms with Gasteiger partial charge in [-0.3, -0.25) is 0 Å². The van der Waals surface area contributed by atoms with E-state index in [1.165, 1.54) is 11.6 Å². The molecule has 19 heavy (non-hydrogen) atoms. The normalized spacial score (nSPS) is 10.2. The summed E-state index contributed by atoms with van der Waals surface area (Å²) in [4.78, 5) is 14.8. The Morgan fingerprint density at radius 3 is 2.58 bits per heavy atom. The van der Waals surface area contributed by atoms with Crippen molar-refractivity contribution >= 4 is 17.5 Å². The smallest absolute Gasteiger partial charge is 0.354 e. The van der Waals surface area contributed by atoms with Crippen LogP contribution in [0, 0.1) is 0 Å². The quantitative estimate of drug-likeness (QED) is 0.859. The molecule has 0 aliphatic rings. The monoisotopic (exact) mass is 256 g/mol.